The highest BCUT2D eigenvalue weighted by Crippen LogP contribution is 2.27. The molecular formula is C21H22FN3O3S. The summed E-state index contributed by atoms with van der Waals surface area (Å²) in [5.41, 5.74) is 1.09. The number of carbonyl (C=O) groups is 1. The highest BCUT2D eigenvalue weighted by molar-refractivity contribution is 7.14. The third-order valence-corrected chi connectivity index (χ3v) is 5.15. The summed E-state index contributed by atoms with van der Waals surface area (Å²) in [5.74, 6) is 0.369. The first-order valence-corrected chi connectivity index (χ1v) is 9.84. The summed E-state index contributed by atoms with van der Waals surface area (Å²) in [6.45, 7) is 5.98. The summed E-state index contributed by atoms with van der Waals surface area (Å²) in [7, 11) is 0. The molecule has 1 N–H and O–H groups in total. The SMILES string of the molecule is CC(C)(C)N(Cc1nnc(-c2ccc(OCc3cccc(F)c3)cc2)s1)C(=O)O. The minimum Gasteiger partial charge on any atom is -0.489 e. The monoisotopic (exact) mass is 415 g/mol. The molecule has 0 aliphatic carbocycles. The lowest BCUT2D eigenvalue weighted by atomic mass is 10.1. The molecule has 3 aromatic rings. The number of hydrogen-bond acceptors (Lipinski definition) is 5. The van der Waals surface area contributed by atoms with E-state index in [1.165, 1.54) is 28.4 Å². The summed E-state index contributed by atoms with van der Waals surface area (Å²) < 4.78 is 18.9. The van der Waals surface area contributed by atoms with Gasteiger partial charge in [0.05, 0.1) is 6.54 Å². The van der Waals surface area contributed by atoms with Crippen molar-refractivity contribution in [3.05, 3.63) is 64.9 Å². The molecule has 0 atom stereocenters. The topological polar surface area (TPSA) is 75.5 Å². The van der Waals surface area contributed by atoms with Gasteiger partial charge < -0.3 is 9.84 Å². The minimum absolute atomic E-state index is 0.186. The number of hydrogen-bond donors (Lipinski definition) is 1. The van der Waals surface area contributed by atoms with E-state index in [-0.39, 0.29) is 19.0 Å². The second-order valence-corrected chi connectivity index (χ2v) is 8.55. The van der Waals surface area contributed by atoms with Crippen LogP contribution in [0, 0.1) is 5.82 Å². The minimum atomic E-state index is -0.992. The molecule has 0 radical (unpaired) electrons. The Labute approximate surface area is 172 Å². The molecule has 6 nitrogen and oxygen atoms in total. The van der Waals surface area contributed by atoms with Crippen molar-refractivity contribution in [2.45, 2.75) is 39.5 Å². The Morgan fingerprint density at radius 2 is 1.90 bits per heavy atom. The molecule has 0 saturated heterocycles. The van der Waals surface area contributed by atoms with Gasteiger partial charge in [-0.3, -0.25) is 4.90 Å². The van der Waals surface area contributed by atoms with Crippen molar-refractivity contribution in [1.82, 2.24) is 15.1 Å². The molecule has 0 saturated carbocycles. The van der Waals surface area contributed by atoms with Crippen LogP contribution < -0.4 is 4.74 Å². The Bertz CT molecular complexity index is 983. The molecule has 1 aromatic heterocycles. The molecule has 1 amide bonds. The van der Waals surface area contributed by atoms with Crippen LogP contribution >= 0.6 is 11.3 Å². The van der Waals surface area contributed by atoms with E-state index in [1.54, 1.807) is 12.1 Å². The van der Waals surface area contributed by atoms with Gasteiger partial charge in [-0.05, 0) is 62.7 Å². The third-order valence-electron chi connectivity index (χ3n) is 4.20. The fraction of sp³-hybridized carbons (Fsp3) is 0.286. The first kappa shape index (κ1) is 20.7. The number of halogens is 1. The van der Waals surface area contributed by atoms with Crippen molar-refractivity contribution in [2.75, 3.05) is 0 Å². The van der Waals surface area contributed by atoms with Crippen LogP contribution in [0.5, 0.6) is 5.75 Å². The van der Waals surface area contributed by atoms with E-state index < -0.39 is 11.6 Å². The molecule has 8 heteroatoms. The van der Waals surface area contributed by atoms with Crippen molar-refractivity contribution >= 4 is 17.4 Å². The van der Waals surface area contributed by atoms with Gasteiger partial charge in [-0.25, -0.2) is 9.18 Å². The summed E-state index contributed by atoms with van der Waals surface area (Å²) in [6, 6.07) is 13.6. The zero-order valence-electron chi connectivity index (χ0n) is 16.4. The van der Waals surface area contributed by atoms with Gasteiger partial charge in [-0.2, -0.15) is 0 Å². The number of aromatic nitrogens is 2. The van der Waals surface area contributed by atoms with Crippen LogP contribution in [0.15, 0.2) is 48.5 Å². The zero-order valence-corrected chi connectivity index (χ0v) is 17.2. The van der Waals surface area contributed by atoms with Crippen molar-refractivity contribution in [1.29, 1.82) is 0 Å². The number of carboxylic acid groups (broad SMARTS) is 1. The molecule has 3 rings (SSSR count). The van der Waals surface area contributed by atoms with Crippen LogP contribution in [0.3, 0.4) is 0 Å². The molecule has 29 heavy (non-hydrogen) atoms. The lowest BCUT2D eigenvalue weighted by Crippen LogP contribution is -2.44. The van der Waals surface area contributed by atoms with Gasteiger partial charge in [-0.15, -0.1) is 10.2 Å². The average Bonchev–Trinajstić information content (AvgIpc) is 3.13. The van der Waals surface area contributed by atoms with E-state index in [9.17, 15) is 14.3 Å². The smallest absolute Gasteiger partial charge is 0.408 e. The molecule has 0 aliphatic heterocycles. The van der Waals surface area contributed by atoms with Crippen LogP contribution in [0.2, 0.25) is 0 Å². The second-order valence-electron chi connectivity index (χ2n) is 7.48. The van der Waals surface area contributed by atoms with Gasteiger partial charge in [0.25, 0.3) is 0 Å². The summed E-state index contributed by atoms with van der Waals surface area (Å²) >= 11 is 1.36. The predicted molar refractivity (Wildman–Crippen MR) is 109 cm³/mol. The van der Waals surface area contributed by atoms with Gasteiger partial charge >= 0.3 is 6.09 Å². The maximum absolute atomic E-state index is 13.2. The van der Waals surface area contributed by atoms with E-state index >= 15 is 0 Å². The first-order valence-electron chi connectivity index (χ1n) is 9.03. The predicted octanol–water partition coefficient (Wildman–Crippen LogP) is 5.20. The van der Waals surface area contributed by atoms with Gasteiger partial charge in [-0.1, -0.05) is 23.5 Å². The number of nitrogens with zero attached hydrogens (tertiary/aromatic N) is 3. The lowest BCUT2D eigenvalue weighted by molar-refractivity contribution is 0.0954. The fourth-order valence-electron chi connectivity index (χ4n) is 2.65. The molecule has 2 aromatic carbocycles. The van der Waals surface area contributed by atoms with E-state index in [2.05, 4.69) is 10.2 Å². The molecule has 0 aliphatic rings. The largest absolute Gasteiger partial charge is 0.489 e. The fourth-order valence-corrected chi connectivity index (χ4v) is 3.48. The van der Waals surface area contributed by atoms with Crippen LogP contribution in [-0.4, -0.2) is 31.8 Å². The maximum Gasteiger partial charge on any atom is 0.408 e. The van der Waals surface area contributed by atoms with E-state index in [0.29, 0.717) is 15.8 Å². The molecule has 0 unspecified atom stereocenters. The highest BCUT2D eigenvalue weighted by atomic mass is 32.1. The van der Waals surface area contributed by atoms with Crippen molar-refractivity contribution in [2.24, 2.45) is 0 Å². The van der Waals surface area contributed by atoms with Crippen LogP contribution in [0.4, 0.5) is 9.18 Å². The zero-order chi connectivity index (χ0) is 21.0. The van der Waals surface area contributed by atoms with Gasteiger partial charge in [0.1, 0.15) is 28.2 Å². The van der Waals surface area contributed by atoms with Gasteiger partial charge in [0, 0.05) is 11.1 Å². The molecule has 0 spiro atoms. The van der Waals surface area contributed by atoms with E-state index in [4.69, 9.17) is 4.74 Å². The van der Waals surface area contributed by atoms with Crippen molar-refractivity contribution in [3.8, 4) is 16.3 Å². The Morgan fingerprint density at radius 1 is 1.17 bits per heavy atom. The van der Waals surface area contributed by atoms with Crippen LogP contribution in [0.25, 0.3) is 10.6 Å². The van der Waals surface area contributed by atoms with E-state index in [1.807, 2.05) is 45.0 Å². The average molecular weight is 415 g/mol. The number of benzene rings is 2. The lowest BCUT2D eigenvalue weighted by Gasteiger charge is -2.32. The maximum atomic E-state index is 13.2. The Hall–Kier alpha value is -3.00. The molecule has 0 bridgehead atoms. The van der Waals surface area contributed by atoms with Crippen LogP contribution in [0.1, 0.15) is 31.3 Å². The number of ether oxygens (including phenoxy) is 1. The Morgan fingerprint density at radius 3 is 2.52 bits per heavy atom. The Balaban J connectivity index is 1.65. The molecule has 0 fully saturated rings. The quantitative estimate of drug-likeness (QED) is 0.599. The van der Waals surface area contributed by atoms with Gasteiger partial charge in [0.15, 0.2) is 0 Å². The summed E-state index contributed by atoms with van der Waals surface area (Å²) in [4.78, 5) is 12.8. The highest BCUT2D eigenvalue weighted by Gasteiger charge is 2.27. The second kappa shape index (κ2) is 8.57. The molecule has 1 heterocycles. The van der Waals surface area contributed by atoms with Crippen LogP contribution in [-0.2, 0) is 13.2 Å². The Kier molecular flexibility index (Phi) is 6.12. The summed E-state index contributed by atoms with van der Waals surface area (Å²) in [6.07, 6.45) is -0.992. The van der Waals surface area contributed by atoms with Crippen molar-refractivity contribution < 1.29 is 19.0 Å². The third kappa shape index (κ3) is 5.51. The molecular weight excluding hydrogens is 393 g/mol. The van der Waals surface area contributed by atoms with E-state index in [0.717, 1.165) is 11.1 Å². The number of rotatable bonds is 6. The van der Waals surface area contributed by atoms with Gasteiger partial charge in [0.2, 0.25) is 0 Å². The normalized spacial score (nSPS) is 11.3. The number of amides is 1. The standard InChI is InChI=1S/C21H22FN3O3S/c1-21(2,3)25(20(26)27)12-18-23-24-19(29-18)15-7-9-17(10-8-15)28-13-14-5-4-6-16(22)11-14/h4-11H,12-13H2,1-3H3,(H,26,27). The molecule has 152 valence electrons. The first-order chi connectivity index (χ1) is 13.7. The van der Waals surface area contributed by atoms with Crippen molar-refractivity contribution in [3.63, 3.8) is 0 Å². The summed E-state index contributed by atoms with van der Waals surface area (Å²) in [5, 5.41) is 19.1.